The van der Waals surface area contributed by atoms with Gasteiger partial charge >= 0.3 is 0 Å². The van der Waals surface area contributed by atoms with Crippen LogP contribution in [0, 0.1) is 0 Å². The van der Waals surface area contributed by atoms with Crippen molar-refractivity contribution >= 4 is 15.3 Å². The number of nitrogens with zero attached hydrogens (tertiary/aromatic N) is 4. The number of ether oxygens (including phenoxy) is 2. The van der Waals surface area contributed by atoms with E-state index in [1.807, 2.05) is 18.8 Å². The molecular weight excluding hydrogens is 566 g/mol. The van der Waals surface area contributed by atoms with Gasteiger partial charge in [0, 0.05) is 50.8 Å². The minimum Gasteiger partial charge on any atom is -0.379 e. The molecule has 3 atom stereocenters. The molecule has 236 valence electrons. The normalized spacial score (nSPS) is 22.6. The van der Waals surface area contributed by atoms with Gasteiger partial charge in [-0.3, -0.25) is 14.4 Å². The number of rotatable bonds is 10. The molecule has 0 N–H and O–H groups in total. The van der Waals surface area contributed by atoms with Crippen molar-refractivity contribution in [2.45, 2.75) is 44.0 Å². The zero-order valence-electron chi connectivity index (χ0n) is 27.4. The van der Waals surface area contributed by atoms with Crippen molar-refractivity contribution < 1.29 is 14.0 Å². The van der Waals surface area contributed by atoms with Gasteiger partial charge < -0.3 is 9.47 Å². The Balaban J connectivity index is 1.35. The van der Waals surface area contributed by atoms with E-state index in [2.05, 4.69) is 134 Å². The number of piperazine rings is 1. The highest BCUT2D eigenvalue weighted by Crippen LogP contribution is 2.53. The van der Waals surface area contributed by atoms with Gasteiger partial charge in [0.1, 0.15) is 14.2 Å². The maximum Gasteiger partial charge on any atom is 0.241 e. The van der Waals surface area contributed by atoms with E-state index >= 15 is 0 Å². The molecule has 0 aliphatic carbocycles. The van der Waals surface area contributed by atoms with Crippen molar-refractivity contribution in [2.24, 2.45) is 0 Å². The maximum absolute atomic E-state index is 14.6. The molecule has 5 rings (SSSR count). The molecule has 2 aliphatic rings. The third-order valence-electron chi connectivity index (χ3n) is 9.21. The third-order valence-corrected chi connectivity index (χ3v) is 12.3. The van der Waals surface area contributed by atoms with E-state index in [1.54, 1.807) is 0 Å². The van der Waals surface area contributed by atoms with Crippen LogP contribution in [0.2, 0.25) is 0 Å². The SMILES string of the molecule is BC1CN(C(C)(C)C)CC(COCP(=O)(N(C)C)N2CCN(C(c3ccccc3)(c3ccccc3)c3ccccc3)CC2)O1. The quantitative estimate of drug-likeness (QED) is 0.185. The van der Waals surface area contributed by atoms with E-state index in [4.69, 9.17) is 9.47 Å². The third kappa shape index (κ3) is 6.92. The van der Waals surface area contributed by atoms with Crippen LogP contribution in [0.5, 0.6) is 0 Å². The van der Waals surface area contributed by atoms with E-state index in [1.165, 1.54) is 16.7 Å². The Morgan fingerprint density at radius 3 is 1.70 bits per heavy atom. The van der Waals surface area contributed by atoms with E-state index in [-0.39, 0.29) is 24.0 Å². The summed E-state index contributed by atoms with van der Waals surface area (Å²) in [5.41, 5.74) is 3.30. The standard InChI is InChI=1S/C35H50BN4O3P/c1-34(2,3)39-25-32(43-33(36)26-39)27-42-28-44(41,37(4)5)40-23-21-38(22-24-40)35(29-15-9-6-10-16-29,30-17-11-7-12-18-30)31-19-13-8-14-20-31/h6-20,32-33H,21-28,36H2,1-5H3. The molecule has 7 nitrogen and oxygen atoms in total. The van der Waals surface area contributed by atoms with Crippen molar-refractivity contribution in [3.63, 3.8) is 0 Å². The van der Waals surface area contributed by atoms with Gasteiger partial charge in [-0.2, -0.15) is 0 Å². The molecule has 3 aromatic carbocycles. The second-order valence-electron chi connectivity index (χ2n) is 13.4. The minimum absolute atomic E-state index is 0.0336. The van der Waals surface area contributed by atoms with Gasteiger partial charge in [-0.05, 0) is 51.6 Å². The lowest BCUT2D eigenvalue weighted by Gasteiger charge is -2.50. The zero-order valence-corrected chi connectivity index (χ0v) is 28.3. The van der Waals surface area contributed by atoms with Crippen molar-refractivity contribution in [3.05, 3.63) is 108 Å². The predicted molar refractivity (Wildman–Crippen MR) is 183 cm³/mol. The summed E-state index contributed by atoms with van der Waals surface area (Å²) in [7, 11) is 3.01. The van der Waals surface area contributed by atoms with Crippen molar-refractivity contribution in [3.8, 4) is 0 Å². The van der Waals surface area contributed by atoms with Gasteiger partial charge in [0.25, 0.3) is 0 Å². The van der Waals surface area contributed by atoms with Gasteiger partial charge in [0.2, 0.25) is 7.44 Å². The zero-order chi connectivity index (χ0) is 31.4. The summed E-state index contributed by atoms with van der Waals surface area (Å²) in [5.74, 6) is 0. The van der Waals surface area contributed by atoms with Crippen molar-refractivity contribution in [1.82, 2.24) is 19.1 Å². The van der Waals surface area contributed by atoms with Crippen molar-refractivity contribution in [1.29, 1.82) is 0 Å². The predicted octanol–water partition coefficient (Wildman–Crippen LogP) is 4.78. The fraction of sp³-hybridized carbons (Fsp3) is 0.486. The molecule has 2 saturated heterocycles. The molecule has 2 aliphatic heterocycles. The number of benzene rings is 3. The first-order valence-corrected chi connectivity index (χ1v) is 17.8. The molecule has 0 radical (unpaired) electrons. The Morgan fingerprint density at radius 1 is 0.795 bits per heavy atom. The fourth-order valence-electron chi connectivity index (χ4n) is 6.87. The largest absolute Gasteiger partial charge is 0.379 e. The first kappa shape index (κ1) is 33.1. The van der Waals surface area contributed by atoms with E-state index in [0.29, 0.717) is 19.7 Å². The lowest BCUT2D eigenvalue weighted by Crippen LogP contribution is -2.56. The Labute approximate surface area is 266 Å². The lowest BCUT2D eigenvalue weighted by molar-refractivity contribution is -0.101. The molecule has 9 heteroatoms. The first-order valence-electron chi connectivity index (χ1n) is 16.0. The van der Waals surface area contributed by atoms with Crippen LogP contribution in [0.3, 0.4) is 0 Å². The smallest absolute Gasteiger partial charge is 0.241 e. The van der Waals surface area contributed by atoms with Gasteiger partial charge in [0.15, 0.2) is 0 Å². The average molecular weight is 617 g/mol. The molecule has 0 bridgehead atoms. The van der Waals surface area contributed by atoms with E-state index in [9.17, 15) is 4.57 Å². The second kappa shape index (κ2) is 14.0. The number of morpholine rings is 1. The highest BCUT2D eigenvalue weighted by atomic mass is 31.2. The summed E-state index contributed by atoms with van der Waals surface area (Å²) < 4.78 is 31.1. The van der Waals surface area contributed by atoms with Gasteiger partial charge in [-0.15, -0.1) is 0 Å². The Morgan fingerprint density at radius 2 is 1.27 bits per heavy atom. The molecular formula is C35H50BN4O3P. The molecule has 2 heterocycles. The summed E-state index contributed by atoms with van der Waals surface area (Å²) in [6.07, 6.45) is 0.152. The van der Waals surface area contributed by atoms with Crippen LogP contribution in [-0.2, 0) is 19.6 Å². The van der Waals surface area contributed by atoms with Crippen LogP contribution in [-0.4, -0.2) is 111 Å². The lowest BCUT2D eigenvalue weighted by atomic mass is 9.75. The van der Waals surface area contributed by atoms with Gasteiger partial charge in [-0.1, -0.05) is 91.0 Å². The Bertz CT molecular complexity index is 1270. The van der Waals surface area contributed by atoms with Crippen LogP contribution >= 0.6 is 7.44 Å². The minimum atomic E-state index is -2.94. The fourth-order valence-corrected chi connectivity index (χ4v) is 8.92. The summed E-state index contributed by atoms with van der Waals surface area (Å²) in [4.78, 5) is 5.03. The first-order chi connectivity index (χ1) is 21.0. The molecule has 3 unspecified atom stereocenters. The van der Waals surface area contributed by atoms with Crippen LogP contribution < -0.4 is 0 Å². The summed E-state index contributed by atoms with van der Waals surface area (Å²) >= 11 is 0. The van der Waals surface area contributed by atoms with Crippen LogP contribution in [0.1, 0.15) is 37.5 Å². The van der Waals surface area contributed by atoms with Crippen LogP contribution in [0.4, 0.5) is 0 Å². The highest BCUT2D eigenvalue weighted by molar-refractivity contribution is 7.58. The Kier molecular flexibility index (Phi) is 10.5. The Hall–Kier alpha value is -2.29. The molecule has 0 saturated carbocycles. The average Bonchev–Trinajstić information content (AvgIpc) is 3.02. The number of hydrogen-bond acceptors (Lipinski definition) is 5. The van der Waals surface area contributed by atoms with Crippen LogP contribution in [0.25, 0.3) is 0 Å². The summed E-state index contributed by atoms with van der Waals surface area (Å²) in [6.45, 7) is 11.8. The molecule has 0 aromatic heterocycles. The van der Waals surface area contributed by atoms with E-state index in [0.717, 1.165) is 26.2 Å². The topological polar surface area (TPSA) is 48.5 Å². The monoisotopic (exact) mass is 616 g/mol. The van der Waals surface area contributed by atoms with Gasteiger partial charge in [-0.25, -0.2) is 9.34 Å². The summed E-state index contributed by atoms with van der Waals surface area (Å²) in [6, 6.07) is 32.6. The maximum atomic E-state index is 14.6. The van der Waals surface area contributed by atoms with Crippen molar-refractivity contribution in [2.75, 3.05) is 66.3 Å². The second-order valence-corrected chi connectivity index (χ2v) is 16.4. The molecule has 0 amide bonds. The van der Waals surface area contributed by atoms with Crippen LogP contribution in [0.15, 0.2) is 91.0 Å². The molecule has 44 heavy (non-hydrogen) atoms. The summed E-state index contributed by atoms with van der Waals surface area (Å²) in [5, 5.41) is 0. The van der Waals surface area contributed by atoms with E-state index < -0.39 is 13.0 Å². The van der Waals surface area contributed by atoms with Gasteiger partial charge in [0.05, 0.1) is 18.2 Å². The molecule has 3 aromatic rings. The molecule has 2 fully saturated rings. The number of hydrogen-bond donors (Lipinski definition) is 0. The molecule has 0 spiro atoms. The highest BCUT2D eigenvalue weighted by Gasteiger charge is 2.45.